The van der Waals surface area contributed by atoms with E-state index in [-0.39, 0.29) is 17.2 Å². The van der Waals surface area contributed by atoms with Gasteiger partial charge >= 0.3 is 0 Å². The number of methoxy groups -OCH3 is 1. The molecule has 8 heteroatoms. The Hall–Kier alpha value is -2.77. The lowest BCUT2D eigenvalue weighted by Crippen LogP contribution is -2.31. The third-order valence-corrected chi connectivity index (χ3v) is 4.16. The predicted octanol–water partition coefficient (Wildman–Crippen LogP) is 0.638. The van der Waals surface area contributed by atoms with Gasteiger partial charge in [-0.15, -0.1) is 0 Å². The van der Waals surface area contributed by atoms with Crippen molar-refractivity contribution in [1.82, 2.24) is 15.1 Å². The lowest BCUT2D eigenvalue weighted by molar-refractivity contribution is 0.0914. The fourth-order valence-electron chi connectivity index (χ4n) is 2.74. The molecule has 24 heavy (non-hydrogen) atoms. The zero-order valence-corrected chi connectivity index (χ0v) is 13.7. The molecule has 0 radical (unpaired) electrons. The number of ether oxygens (including phenoxy) is 1. The number of nitrogens with one attached hydrogen (secondary N) is 1. The highest BCUT2D eigenvalue weighted by molar-refractivity contribution is 5.91. The Labute approximate surface area is 139 Å². The van der Waals surface area contributed by atoms with E-state index in [9.17, 15) is 9.59 Å². The summed E-state index contributed by atoms with van der Waals surface area (Å²) in [4.78, 5) is 25.8. The van der Waals surface area contributed by atoms with Crippen LogP contribution in [0.2, 0.25) is 0 Å². The van der Waals surface area contributed by atoms with Crippen LogP contribution in [0.25, 0.3) is 0 Å². The molecule has 0 aliphatic carbocycles. The Bertz CT molecular complexity index is 782. The van der Waals surface area contributed by atoms with Crippen molar-refractivity contribution in [1.29, 1.82) is 0 Å². The van der Waals surface area contributed by atoms with Crippen LogP contribution < -0.4 is 20.5 Å². The minimum Gasteiger partial charge on any atom is -0.468 e. The Morgan fingerprint density at radius 1 is 1.50 bits per heavy atom. The maximum absolute atomic E-state index is 12.0. The first-order valence-electron chi connectivity index (χ1n) is 7.77. The van der Waals surface area contributed by atoms with Crippen molar-refractivity contribution in [2.75, 3.05) is 31.6 Å². The summed E-state index contributed by atoms with van der Waals surface area (Å²) >= 11 is 0. The molecule has 0 bridgehead atoms. The molecule has 3 rings (SSSR count). The van der Waals surface area contributed by atoms with Crippen molar-refractivity contribution in [3.8, 4) is 5.95 Å². The Morgan fingerprint density at radius 2 is 2.33 bits per heavy atom. The second-order valence-corrected chi connectivity index (χ2v) is 5.81. The van der Waals surface area contributed by atoms with E-state index in [1.165, 1.54) is 11.8 Å². The molecular formula is C16H20N4O4. The fourth-order valence-corrected chi connectivity index (χ4v) is 2.74. The van der Waals surface area contributed by atoms with Crippen molar-refractivity contribution < 1.29 is 13.9 Å². The average molecular weight is 332 g/mol. The third kappa shape index (κ3) is 3.42. The van der Waals surface area contributed by atoms with E-state index in [0.29, 0.717) is 18.4 Å². The average Bonchev–Trinajstić information content (AvgIpc) is 3.24. The SMILES string of the molecule is COc1ccc(C(=O)NC[C@H]2CCN(c3cnn(C)c(=O)c3)C2)o1. The van der Waals surface area contributed by atoms with Crippen LogP contribution in [0, 0.1) is 5.92 Å². The van der Waals surface area contributed by atoms with Gasteiger partial charge in [0.25, 0.3) is 17.4 Å². The van der Waals surface area contributed by atoms with Crippen LogP contribution in [0.1, 0.15) is 17.0 Å². The van der Waals surface area contributed by atoms with Crippen molar-refractivity contribution >= 4 is 11.6 Å². The van der Waals surface area contributed by atoms with Gasteiger partial charge in [0, 0.05) is 38.8 Å². The molecule has 3 heterocycles. The summed E-state index contributed by atoms with van der Waals surface area (Å²) in [6.07, 6.45) is 2.63. The summed E-state index contributed by atoms with van der Waals surface area (Å²) in [5.41, 5.74) is 0.693. The fraction of sp³-hybridized carbons (Fsp3) is 0.438. The minimum atomic E-state index is -0.257. The molecule has 1 atom stereocenters. The van der Waals surface area contributed by atoms with E-state index in [1.807, 2.05) is 0 Å². The maximum atomic E-state index is 12.0. The third-order valence-electron chi connectivity index (χ3n) is 4.16. The molecule has 2 aromatic rings. The van der Waals surface area contributed by atoms with E-state index in [1.54, 1.807) is 31.4 Å². The molecule has 0 aromatic carbocycles. The van der Waals surface area contributed by atoms with Crippen molar-refractivity contribution in [2.24, 2.45) is 13.0 Å². The number of aryl methyl sites for hydroxylation is 1. The molecule has 8 nitrogen and oxygen atoms in total. The number of carbonyl (C=O) groups excluding carboxylic acids is 1. The van der Waals surface area contributed by atoms with E-state index in [4.69, 9.17) is 9.15 Å². The van der Waals surface area contributed by atoms with Gasteiger partial charge in [-0.2, -0.15) is 5.10 Å². The first-order valence-corrected chi connectivity index (χ1v) is 7.77. The van der Waals surface area contributed by atoms with Crippen molar-refractivity contribution in [3.05, 3.63) is 40.5 Å². The van der Waals surface area contributed by atoms with E-state index < -0.39 is 0 Å². The zero-order chi connectivity index (χ0) is 17.1. The lowest BCUT2D eigenvalue weighted by Gasteiger charge is -2.18. The van der Waals surface area contributed by atoms with Gasteiger partial charge in [-0.3, -0.25) is 9.59 Å². The van der Waals surface area contributed by atoms with Crippen LogP contribution in [0.15, 0.2) is 33.6 Å². The highest BCUT2D eigenvalue weighted by Crippen LogP contribution is 2.22. The molecule has 1 saturated heterocycles. The van der Waals surface area contributed by atoms with Crippen LogP contribution in [-0.2, 0) is 7.05 Å². The standard InChI is InChI=1S/C16H20N4O4/c1-19-14(21)7-12(9-18-19)20-6-5-11(10-20)8-17-16(22)13-3-4-15(23-2)24-13/h3-4,7,9,11H,5-6,8,10H2,1-2H3,(H,17,22)/t11-/m1/s1. The highest BCUT2D eigenvalue weighted by Gasteiger charge is 2.24. The Morgan fingerprint density at radius 3 is 3.04 bits per heavy atom. The summed E-state index contributed by atoms with van der Waals surface area (Å²) in [5.74, 6) is 0.602. The summed E-state index contributed by atoms with van der Waals surface area (Å²) in [6.45, 7) is 2.16. The normalized spacial score (nSPS) is 17.1. The number of amides is 1. The van der Waals surface area contributed by atoms with Crippen LogP contribution in [0.3, 0.4) is 0 Å². The van der Waals surface area contributed by atoms with Gasteiger partial charge in [0.1, 0.15) is 0 Å². The molecular weight excluding hydrogens is 312 g/mol. The van der Waals surface area contributed by atoms with E-state index in [2.05, 4.69) is 15.3 Å². The van der Waals surface area contributed by atoms with E-state index in [0.717, 1.165) is 25.2 Å². The second kappa shape index (κ2) is 6.77. The van der Waals surface area contributed by atoms with Crippen LogP contribution in [0.5, 0.6) is 5.95 Å². The number of hydrogen-bond acceptors (Lipinski definition) is 6. The van der Waals surface area contributed by atoms with Crippen molar-refractivity contribution in [2.45, 2.75) is 6.42 Å². The maximum Gasteiger partial charge on any atom is 0.287 e. The van der Waals surface area contributed by atoms with Crippen LogP contribution in [-0.4, -0.2) is 42.4 Å². The molecule has 0 spiro atoms. The zero-order valence-electron chi connectivity index (χ0n) is 13.7. The number of carbonyl (C=O) groups is 1. The second-order valence-electron chi connectivity index (χ2n) is 5.81. The highest BCUT2D eigenvalue weighted by atomic mass is 16.6. The topological polar surface area (TPSA) is 89.6 Å². The molecule has 1 aliphatic heterocycles. The smallest absolute Gasteiger partial charge is 0.287 e. The van der Waals surface area contributed by atoms with Crippen molar-refractivity contribution in [3.63, 3.8) is 0 Å². The quantitative estimate of drug-likeness (QED) is 0.864. The number of rotatable bonds is 5. The number of furan rings is 1. The summed E-state index contributed by atoms with van der Waals surface area (Å²) in [6, 6.07) is 4.78. The predicted molar refractivity (Wildman–Crippen MR) is 87.4 cm³/mol. The molecule has 0 unspecified atom stereocenters. The number of nitrogens with zero attached hydrogens (tertiary/aromatic N) is 3. The van der Waals surface area contributed by atoms with Gasteiger partial charge in [0.05, 0.1) is 19.0 Å². The van der Waals surface area contributed by atoms with Gasteiger partial charge in [-0.05, 0) is 18.4 Å². The number of hydrogen-bond donors (Lipinski definition) is 1. The molecule has 1 aliphatic rings. The molecule has 1 amide bonds. The van der Waals surface area contributed by atoms with Gasteiger partial charge in [0.2, 0.25) is 0 Å². The monoisotopic (exact) mass is 332 g/mol. The van der Waals surface area contributed by atoms with Gasteiger partial charge < -0.3 is 19.4 Å². The Balaban J connectivity index is 1.53. The summed E-state index contributed by atoms with van der Waals surface area (Å²) < 4.78 is 11.5. The molecule has 0 saturated carbocycles. The van der Waals surface area contributed by atoms with Crippen LogP contribution in [0.4, 0.5) is 5.69 Å². The number of aromatic nitrogens is 2. The minimum absolute atomic E-state index is 0.129. The first kappa shape index (κ1) is 16.1. The number of anilines is 1. The molecule has 1 fully saturated rings. The van der Waals surface area contributed by atoms with Gasteiger partial charge in [-0.25, -0.2) is 4.68 Å². The van der Waals surface area contributed by atoms with Crippen LogP contribution >= 0.6 is 0 Å². The van der Waals surface area contributed by atoms with Gasteiger partial charge in [-0.1, -0.05) is 0 Å². The molecule has 2 aromatic heterocycles. The van der Waals surface area contributed by atoms with Gasteiger partial charge in [0.15, 0.2) is 5.76 Å². The van der Waals surface area contributed by atoms with E-state index >= 15 is 0 Å². The summed E-state index contributed by atoms with van der Waals surface area (Å²) in [5, 5.41) is 6.92. The first-order chi connectivity index (χ1) is 11.6. The Kier molecular flexibility index (Phi) is 4.54. The summed E-state index contributed by atoms with van der Waals surface area (Å²) in [7, 11) is 3.11. The molecule has 1 N–H and O–H groups in total. The lowest BCUT2D eigenvalue weighted by atomic mass is 10.1. The molecule has 128 valence electrons. The largest absolute Gasteiger partial charge is 0.468 e.